The molecular formula is C11H11BrN4O3. The zero-order valence-corrected chi connectivity index (χ0v) is 11.7. The van der Waals surface area contributed by atoms with Gasteiger partial charge >= 0.3 is 5.97 Å². The third-order valence-electron chi connectivity index (χ3n) is 2.48. The highest BCUT2D eigenvalue weighted by Gasteiger charge is 2.14. The lowest BCUT2D eigenvalue weighted by molar-refractivity contribution is -0.137. The second-order valence-electron chi connectivity index (χ2n) is 3.72. The second-order valence-corrected chi connectivity index (χ2v) is 4.57. The molecule has 7 nitrogen and oxygen atoms in total. The Hall–Kier alpha value is -1.96. The van der Waals surface area contributed by atoms with Crippen LogP contribution < -0.4 is 4.74 Å². The van der Waals surface area contributed by atoms with Crippen molar-refractivity contribution in [3.8, 4) is 17.1 Å². The van der Waals surface area contributed by atoms with E-state index in [0.29, 0.717) is 11.6 Å². The molecule has 2 rings (SSSR count). The largest absolute Gasteiger partial charge is 0.497 e. The lowest BCUT2D eigenvalue weighted by Crippen LogP contribution is -2.08. The second kappa shape index (κ2) is 5.79. The van der Waals surface area contributed by atoms with E-state index in [4.69, 9.17) is 9.84 Å². The quantitative estimate of drug-likeness (QED) is 0.897. The predicted octanol–water partition coefficient (Wildman–Crippen LogP) is 1.59. The van der Waals surface area contributed by atoms with Gasteiger partial charge in [-0.15, -0.1) is 5.10 Å². The number of aryl methyl sites for hydroxylation is 1. The van der Waals surface area contributed by atoms with Crippen LogP contribution in [0.4, 0.5) is 0 Å². The first kappa shape index (κ1) is 13.5. The molecule has 0 radical (unpaired) electrons. The van der Waals surface area contributed by atoms with Crippen molar-refractivity contribution in [3.63, 3.8) is 0 Å². The van der Waals surface area contributed by atoms with Crippen LogP contribution in [0.25, 0.3) is 11.4 Å². The molecule has 0 atom stereocenters. The Bertz CT molecular complexity index is 599. The molecule has 1 aromatic heterocycles. The Kier molecular flexibility index (Phi) is 4.10. The molecule has 8 heteroatoms. The van der Waals surface area contributed by atoms with E-state index in [1.54, 1.807) is 19.2 Å². The van der Waals surface area contributed by atoms with Crippen molar-refractivity contribution < 1.29 is 14.6 Å². The van der Waals surface area contributed by atoms with E-state index >= 15 is 0 Å². The van der Waals surface area contributed by atoms with Crippen molar-refractivity contribution in [1.82, 2.24) is 20.2 Å². The molecule has 0 saturated heterocycles. The molecule has 0 bridgehead atoms. The average Bonchev–Trinajstić information content (AvgIpc) is 2.85. The molecule has 0 unspecified atom stereocenters. The first-order valence-corrected chi connectivity index (χ1v) is 6.23. The Balaban J connectivity index is 2.36. The van der Waals surface area contributed by atoms with Crippen LogP contribution in [-0.2, 0) is 11.3 Å². The number of rotatable bonds is 5. The number of aromatic nitrogens is 4. The number of carboxylic acid groups (broad SMARTS) is 1. The van der Waals surface area contributed by atoms with Crippen molar-refractivity contribution in [2.24, 2.45) is 0 Å². The summed E-state index contributed by atoms with van der Waals surface area (Å²) >= 11 is 3.41. The van der Waals surface area contributed by atoms with Crippen molar-refractivity contribution >= 4 is 21.9 Å². The van der Waals surface area contributed by atoms with E-state index in [1.807, 2.05) is 6.07 Å². The van der Waals surface area contributed by atoms with Crippen LogP contribution in [0.1, 0.15) is 6.42 Å². The molecule has 0 saturated carbocycles. The molecule has 0 amide bonds. The minimum Gasteiger partial charge on any atom is -0.497 e. The zero-order chi connectivity index (χ0) is 13.8. The van der Waals surface area contributed by atoms with Gasteiger partial charge in [0.05, 0.1) is 20.1 Å². The number of benzene rings is 1. The zero-order valence-electron chi connectivity index (χ0n) is 10.1. The molecular weight excluding hydrogens is 316 g/mol. The Morgan fingerprint density at radius 2 is 2.32 bits per heavy atom. The number of halogens is 1. The van der Waals surface area contributed by atoms with Gasteiger partial charge in [-0.25, -0.2) is 4.68 Å². The molecule has 1 aromatic carbocycles. The highest BCUT2D eigenvalue weighted by atomic mass is 79.9. The summed E-state index contributed by atoms with van der Waals surface area (Å²) in [6.45, 7) is 0.210. The maximum absolute atomic E-state index is 10.6. The third kappa shape index (κ3) is 3.08. The number of tetrazole rings is 1. The van der Waals surface area contributed by atoms with E-state index < -0.39 is 5.97 Å². The van der Waals surface area contributed by atoms with E-state index in [-0.39, 0.29) is 13.0 Å². The summed E-state index contributed by atoms with van der Waals surface area (Å²) in [5.74, 6) is 0.268. The number of methoxy groups -OCH3 is 1. The molecule has 0 aliphatic rings. The molecule has 100 valence electrons. The number of nitrogens with zero attached hydrogens (tertiary/aromatic N) is 4. The first-order valence-electron chi connectivity index (χ1n) is 5.43. The number of ether oxygens (including phenoxy) is 1. The van der Waals surface area contributed by atoms with Crippen LogP contribution in [0.2, 0.25) is 0 Å². The molecule has 2 aromatic rings. The average molecular weight is 327 g/mol. The number of carboxylic acids is 1. The summed E-state index contributed by atoms with van der Waals surface area (Å²) in [6.07, 6.45) is -0.0420. The highest BCUT2D eigenvalue weighted by Crippen LogP contribution is 2.30. The maximum atomic E-state index is 10.6. The lowest BCUT2D eigenvalue weighted by Gasteiger charge is -2.07. The SMILES string of the molecule is COc1ccc(Br)c(-c2nnnn2CCC(=O)O)c1. The fraction of sp³-hybridized carbons (Fsp3) is 0.273. The Morgan fingerprint density at radius 3 is 3.00 bits per heavy atom. The van der Waals surface area contributed by atoms with Gasteiger partial charge in [-0.05, 0) is 28.6 Å². The van der Waals surface area contributed by atoms with Gasteiger partial charge < -0.3 is 9.84 Å². The predicted molar refractivity (Wildman–Crippen MR) is 69.8 cm³/mol. The van der Waals surface area contributed by atoms with Gasteiger partial charge in [-0.1, -0.05) is 15.9 Å². The summed E-state index contributed by atoms with van der Waals surface area (Å²) in [5.41, 5.74) is 0.745. The standard InChI is InChI=1S/C11H11BrN4O3/c1-19-7-2-3-9(12)8(6-7)11-13-14-15-16(11)5-4-10(17)18/h2-3,6H,4-5H2,1H3,(H,17,18). The minimum absolute atomic E-state index is 0.0420. The molecule has 0 aliphatic heterocycles. The first-order chi connectivity index (χ1) is 9.11. The van der Waals surface area contributed by atoms with Gasteiger partial charge in [0, 0.05) is 10.0 Å². The number of aliphatic carboxylic acids is 1. The summed E-state index contributed by atoms with van der Waals surface area (Å²) in [4.78, 5) is 10.6. The molecule has 19 heavy (non-hydrogen) atoms. The van der Waals surface area contributed by atoms with Gasteiger partial charge in [-0.3, -0.25) is 4.79 Å². The van der Waals surface area contributed by atoms with Crippen LogP contribution in [0.5, 0.6) is 5.75 Å². The van der Waals surface area contributed by atoms with Crippen molar-refractivity contribution in [2.45, 2.75) is 13.0 Å². The van der Waals surface area contributed by atoms with Crippen molar-refractivity contribution in [1.29, 1.82) is 0 Å². The van der Waals surface area contributed by atoms with Gasteiger partial charge in [-0.2, -0.15) is 0 Å². The van der Waals surface area contributed by atoms with Gasteiger partial charge in [0.1, 0.15) is 5.75 Å². The van der Waals surface area contributed by atoms with Crippen LogP contribution in [-0.4, -0.2) is 38.4 Å². The summed E-state index contributed by atoms with van der Waals surface area (Å²) in [7, 11) is 1.57. The Morgan fingerprint density at radius 1 is 1.53 bits per heavy atom. The van der Waals surface area contributed by atoms with E-state index in [9.17, 15) is 4.79 Å². The number of hydrogen-bond donors (Lipinski definition) is 1. The fourth-order valence-corrected chi connectivity index (χ4v) is 1.98. The van der Waals surface area contributed by atoms with Gasteiger partial charge in [0.15, 0.2) is 5.82 Å². The van der Waals surface area contributed by atoms with Gasteiger partial charge in [0.2, 0.25) is 0 Å². The monoisotopic (exact) mass is 326 g/mol. The smallest absolute Gasteiger partial charge is 0.305 e. The van der Waals surface area contributed by atoms with Crippen LogP contribution in [0, 0.1) is 0 Å². The normalized spacial score (nSPS) is 10.4. The summed E-state index contributed by atoms with van der Waals surface area (Å²) in [5, 5.41) is 20.0. The van der Waals surface area contributed by atoms with Crippen LogP contribution >= 0.6 is 15.9 Å². The number of carbonyl (C=O) groups is 1. The van der Waals surface area contributed by atoms with E-state index in [1.165, 1.54) is 4.68 Å². The lowest BCUT2D eigenvalue weighted by atomic mass is 10.2. The fourth-order valence-electron chi connectivity index (χ4n) is 1.55. The maximum Gasteiger partial charge on any atom is 0.305 e. The van der Waals surface area contributed by atoms with E-state index in [2.05, 4.69) is 31.5 Å². The molecule has 0 aliphatic carbocycles. The summed E-state index contributed by atoms with van der Waals surface area (Å²) < 4.78 is 7.41. The van der Waals surface area contributed by atoms with E-state index in [0.717, 1.165) is 10.0 Å². The molecule has 1 heterocycles. The minimum atomic E-state index is -0.897. The topological polar surface area (TPSA) is 90.1 Å². The van der Waals surface area contributed by atoms with Crippen molar-refractivity contribution in [2.75, 3.05) is 7.11 Å². The van der Waals surface area contributed by atoms with Crippen LogP contribution in [0.15, 0.2) is 22.7 Å². The third-order valence-corrected chi connectivity index (χ3v) is 3.18. The van der Waals surface area contributed by atoms with Crippen LogP contribution in [0.3, 0.4) is 0 Å². The summed E-state index contributed by atoms with van der Waals surface area (Å²) in [6, 6.07) is 5.41. The molecule has 0 spiro atoms. The molecule has 1 N–H and O–H groups in total. The molecule has 0 fully saturated rings. The van der Waals surface area contributed by atoms with Gasteiger partial charge in [0.25, 0.3) is 0 Å². The van der Waals surface area contributed by atoms with Crippen molar-refractivity contribution in [3.05, 3.63) is 22.7 Å². The number of hydrogen-bond acceptors (Lipinski definition) is 5. The Labute approximate surface area is 117 Å². The highest BCUT2D eigenvalue weighted by molar-refractivity contribution is 9.10.